The molecule has 1 N–H and O–H groups in total. The van der Waals surface area contributed by atoms with E-state index in [4.69, 9.17) is 9.15 Å². The highest BCUT2D eigenvalue weighted by atomic mass is 16.5. The van der Waals surface area contributed by atoms with Crippen molar-refractivity contribution in [1.29, 1.82) is 0 Å². The van der Waals surface area contributed by atoms with Crippen molar-refractivity contribution in [3.05, 3.63) is 35.8 Å². The van der Waals surface area contributed by atoms with Gasteiger partial charge in [0.05, 0.1) is 6.10 Å². The molecule has 0 fully saturated rings. The van der Waals surface area contributed by atoms with Gasteiger partial charge in [0.25, 0.3) is 0 Å². The van der Waals surface area contributed by atoms with Crippen LogP contribution in [0, 0.1) is 0 Å². The summed E-state index contributed by atoms with van der Waals surface area (Å²) in [5.41, 5.74) is 0. The number of aliphatic hydroxyl groups is 1. The first kappa shape index (κ1) is 24.6. The monoisotopic (exact) mass is 392 g/mol. The van der Waals surface area contributed by atoms with Crippen LogP contribution < -0.4 is 0 Å². The number of allylic oxidation sites excluding steroid dienone is 1. The highest BCUT2D eigenvalue weighted by Gasteiger charge is 2.01. The quantitative estimate of drug-likeness (QED) is 0.163. The molecular formula is C24H40O4. The Morgan fingerprint density at radius 1 is 1.00 bits per heavy atom. The van der Waals surface area contributed by atoms with E-state index in [9.17, 15) is 9.90 Å². The summed E-state index contributed by atoms with van der Waals surface area (Å²) >= 11 is 0. The molecule has 4 nitrogen and oxygen atoms in total. The van der Waals surface area contributed by atoms with Crippen LogP contribution in [0.15, 0.2) is 28.7 Å². The molecule has 1 aromatic rings. The Labute approximate surface area is 171 Å². The minimum atomic E-state index is -0.157. The Balaban J connectivity index is 1.81. The molecule has 0 aliphatic heterocycles. The Bertz CT molecular complexity index is 506. The average Bonchev–Trinajstić information content (AvgIpc) is 3.17. The molecular weight excluding hydrogens is 352 g/mol. The second-order valence-corrected chi connectivity index (χ2v) is 7.59. The van der Waals surface area contributed by atoms with Gasteiger partial charge in [-0.1, -0.05) is 70.4 Å². The molecule has 0 aromatic carbocycles. The van der Waals surface area contributed by atoms with Gasteiger partial charge < -0.3 is 14.3 Å². The number of furan rings is 1. The number of aldehydes is 1. The van der Waals surface area contributed by atoms with E-state index in [2.05, 4.69) is 19.1 Å². The maximum absolute atomic E-state index is 10.5. The van der Waals surface area contributed by atoms with Crippen LogP contribution in [0.1, 0.15) is 107 Å². The number of rotatable bonds is 19. The van der Waals surface area contributed by atoms with E-state index in [0.717, 1.165) is 38.7 Å². The maximum Gasteiger partial charge on any atom is 0.185 e. The molecule has 1 aromatic heterocycles. The smallest absolute Gasteiger partial charge is 0.185 e. The Kier molecular flexibility index (Phi) is 15.6. The molecule has 0 aliphatic carbocycles. The van der Waals surface area contributed by atoms with Gasteiger partial charge in [-0.05, 0) is 44.2 Å². The van der Waals surface area contributed by atoms with Crippen molar-refractivity contribution in [1.82, 2.24) is 0 Å². The molecule has 0 spiro atoms. The van der Waals surface area contributed by atoms with Crippen LogP contribution in [0.4, 0.5) is 0 Å². The highest BCUT2D eigenvalue weighted by Crippen LogP contribution is 2.11. The lowest BCUT2D eigenvalue weighted by Crippen LogP contribution is -2.04. The third-order valence-electron chi connectivity index (χ3n) is 4.92. The fraction of sp³-hybridized carbons (Fsp3) is 0.708. The second-order valence-electron chi connectivity index (χ2n) is 7.59. The van der Waals surface area contributed by atoms with Gasteiger partial charge in [0.15, 0.2) is 12.0 Å². The Hall–Kier alpha value is -1.39. The van der Waals surface area contributed by atoms with Crippen LogP contribution in [-0.2, 0) is 11.3 Å². The van der Waals surface area contributed by atoms with E-state index in [1.165, 1.54) is 51.4 Å². The van der Waals surface area contributed by atoms with Crippen molar-refractivity contribution >= 4 is 6.29 Å². The zero-order chi connectivity index (χ0) is 20.3. The van der Waals surface area contributed by atoms with Gasteiger partial charge in [-0.2, -0.15) is 0 Å². The predicted octanol–water partition coefficient (Wildman–Crippen LogP) is 6.62. The first-order valence-corrected chi connectivity index (χ1v) is 11.2. The van der Waals surface area contributed by atoms with E-state index in [-0.39, 0.29) is 6.10 Å². The minimum Gasteiger partial charge on any atom is -0.456 e. The van der Waals surface area contributed by atoms with E-state index < -0.39 is 0 Å². The maximum atomic E-state index is 10.5. The lowest BCUT2D eigenvalue weighted by Gasteiger charge is -2.07. The molecule has 0 saturated heterocycles. The number of aliphatic hydroxyl groups excluding tert-OH is 1. The third kappa shape index (κ3) is 13.7. The second kappa shape index (κ2) is 17.7. The number of carbonyl (C=O) groups is 1. The normalized spacial score (nSPS) is 12.6. The zero-order valence-corrected chi connectivity index (χ0v) is 17.7. The number of unbranched alkanes of at least 4 members (excludes halogenated alkanes) is 9. The summed E-state index contributed by atoms with van der Waals surface area (Å²) in [7, 11) is 0. The van der Waals surface area contributed by atoms with Crippen molar-refractivity contribution in [3.8, 4) is 0 Å². The number of ether oxygens (including phenoxy) is 1. The SMILES string of the molecule is CCCCCC[C@@H](O)CC=CCCCCCCCCOCc1ccc(C=O)o1. The first-order chi connectivity index (χ1) is 13.8. The van der Waals surface area contributed by atoms with Gasteiger partial charge in [0.2, 0.25) is 0 Å². The van der Waals surface area contributed by atoms with Gasteiger partial charge >= 0.3 is 0 Å². The molecule has 0 saturated carbocycles. The van der Waals surface area contributed by atoms with Gasteiger partial charge in [0.1, 0.15) is 12.4 Å². The topological polar surface area (TPSA) is 59.7 Å². The van der Waals surface area contributed by atoms with Crippen molar-refractivity contribution < 1.29 is 19.1 Å². The van der Waals surface area contributed by atoms with Crippen LogP contribution in [0.25, 0.3) is 0 Å². The van der Waals surface area contributed by atoms with Crippen molar-refractivity contribution in [3.63, 3.8) is 0 Å². The van der Waals surface area contributed by atoms with Gasteiger partial charge in [0, 0.05) is 6.61 Å². The van der Waals surface area contributed by atoms with Crippen molar-refractivity contribution in [2.45, 2.75) is 103 Å². The van der Waals surface area contributed by atoms with Crippen molar-refractivity contribution in [2.75, 3.05) is 6.61 Å². The Morgan fingerprint density at radius 2 is 1.75 bits per heavy atom. The molecule has 0 radical (unpaired) electrons. The van der Waals surface area contributed by atoms with Gasteiger partial charge in [-0.3, -0.25) is 4.79 Å². The average molecular weight is 393 g/mol. The van der Waals surface area contributed by atoms with Crippen LogP contribution in [0.5, 0.6) is 0 Å². The summed E-state index contributed by atoms with van der Waals surface area (Å²) in [6.07, 6.45) is 20.0. The van der Waals surface area contributed by atoms with E-state index in [1.807, 2.05) is 0 Å². The van der Waals surface area contributed by atoms with E-state index >= 15 is 0 Å². The zero-order valence-electron chi connectivity index (χ0n) is 17.7. The highest BCUT2D eigenvalue weighted by molar-refractivity contribution is 5.70. The van der Waals surface area contributed by atoms with Crippen LogP contribution in [-0.4, -0.2) is 24.1 Å². The molecule has 4 heteroatoms. The summed E-state index contributed by atoms with van der Waals surface area (Å²) in [5, 5.41) is 9.91. The summed E-state index contributed by atoms with van der Waals surface area (Å²) in [4.78, 5) is 10.5. The molecule has 0 bridgehead atoms. The Morgan fingerprint density at radius 3 is 2.50 bits per heavy atom. The standard InChI is InChI=1S/C24H40O4/c1-2-3-4-12-15-22(26)16-13-10-8-6-5-7-9-11-14-19-27-21-24-18-17-23(20-25)28-24/h10,13,17-18,20,22,26H,2-9,11-12,14-16,19,21H2,1H3/t22-/m1/s1. The lowest BCUT2D eigenvalue weighted by molar-refractivity contribution is 0.0986. The molecule has 1 atom stereocenters. The van der Waals surface area contributed by atoms with Crippen LogP contribution in [0.3, 0.4) is 0 Å². The summed E-state index contributed by atoms with van der Waals surface area (Å²) in [5.74, 6) is 1.06. The van der Waals surface area contributed by atoms with Gasteiger partial charge in [-0.15, -0.1) is 0 Å². The lowest BCUT2D eigenvalue weighted by atomic mass is 10.1. The van der Waals surface area contributed by atoms with E-state index in [0.29, 0.717) is 24.4 Å². The van der Waals surface area contributed by atoms with Crippen LogP contribution >= 0.6 is 0 Å². The molecule has 1 heterocycles. The molecule has 0 unspecified atom stereocenters. The first-order valence-electron chi connectivity index (χ1n) is 11.2. The third-order valence-corrected chi connectivity index (χ3v) is 4.92. The number of hydrogen-bond donors (Lipinski definition) is 1. The molecule has 0 aliphatic rings. The molecule has 28 heavy (non-hydrogen) atoms. The largest absolute Gasteiger partial charge is 0.456 e. The van der Waals surface area contributed by atoms with E-state index in [1.54, 1.807) is 12.1 Å². The number of carbonyl (C=O) groups excluding carboxylic acids is 1. The molecule has 160 valence electrons. The van der Waals surface area contributed by atoms with Crippen LogP contribution in [0.2, 0.25) is 0 Å². The summed E-state index contributed by atoms with van der Waals surface area (Å²) in [6, 6.07) is 3.45. The fourth-order valence-electron chi connectivity index (χ4n) is 3.18. The summed E-state index contributed by atoms with van der Waals surface area (Å²) < 4.78 is 10.8. The summed E-state index contributed by atoms with van der Waals surface area (Å²) in [6.45, 7) is 3.39. The molecule has 1 rings (SSSR count). The number of hydrogen-bond acceptors (Lipinski definition) is 4. The predicted molar refractivity (Wildman–Crippen MR) is 115 cm³/mol. The van der Waals surface area contributed by atoms with Gasteiger partial charge in [-0.25, -0.2) is 0 Å². The molecule has 0 amide bonds. The fourth-order valence-corrected chi connectivity index (χ4v) is 3.18. The minimum absolute atomic E-state index is 0.157. The van der Waals surface area contributed by atoms with Crippen molar-refractivity contribution in [2.24, 2.45) is 0 Å².